The number of carbonyl (C=O) groups is 2. The predicted octanol–water partition coefficient (Wildman–Crippen LogP) is 3.80. The Hall–Kier alpha value is -3.81. The Balaban J connectivity index is 1.54. The van der Waals surface area contributed by atoms with Crippen LogP contribution in [-0.4, -0.2) is 64.7 Å². The van der Waals surface area contributed by atoms with Crippen molar-refractivity contribution in [1.29, 1.82) is 0 Å². The van der Waals surface area contributed by atoms with Crippen LogP contribution in [-0.2, 0) is 4.74 Å². The lowest BCUT2D eigenvalue weighted by Crippen LogP contribution is -2.50. The van der Waals surface area contributed by atoms with Crippen LogP contribution in [0.3, 0.4) is 0 Å². The van der Waals surface area contributed by atoms with Gasteiger partial charge in [0.15, 0.2) is 0 Å². The molecule has 33 heavy (non-hydrogen) atoms. The second-order valence-electron chi connectivity index (χ2n) is 8.22. The van der Waals surface area contributed by atoms with Gasteiger partial charge >= 0.3 is 6.09 Å². The Morgan fingerprint density at radius 3 is 2.48 bits per heavy atom. The predicted molar refractivity (Wildman–Crippen MR) is 127 cm³/mol. The molecule has 1 saturated heterocycles. The number of nitrogens with two attached hydrogens (primary N) is 1. The summed E-state index contributed by atoms with van der Waals surface area (Å²) in [5.41, 5.74) is 9.94. The summed E-state index contributed by atoms with van der Waals surface area (Å²) in [6.07, 6.45) is 0.457. The van der Waals surface area contributed by atoms with Crippen molar-refractivity contribution in [1.82, 2.24) is 14.8 Å². The fourth-order valence-electron chi connectivity index (χ4n) is 3.95. The minimum atomic E-state index is -0.322. The number of anilines is 1. The topological polar surface area (TPSA) is 109 Å². The number of piperazine rings is 1. The fraction of sp³-hybridized carbons (Fsp3) is 0.320. The number of phenols is 1. The number of aromatic nitrogens is 1. The van der Waals surface area contributed by atoms with Crippen LogP contribution in [0.5, 0.6) is 5.75 Å². The second-order valence-corrected chi connectivity index (χ2v) is 8.22. The molecular formula is C25H28N4O4. The summed E-state index contributed by atoms with van der Waals surface area (Å²) >= 11 is 0. The van der Waals surface area contributed by atoms with E-state index in [1.54, 1.807) is 34.1 Å². The lowest BCUT2D eigenvalue weighted by molar-refractivity contribution is 0.0560. The van der Waals surface area contributed by atoms with Gasteiger partial charge in [-0.15, -0.1) is 0 Å². The molecule has 2 amide bonds. The maximum atomic E-state index is 13.1. The van der Waals surface area contributed by atoms with Crippen molar-refractivity contribution in [3.05, 3.63) is 53.6 Å². The molecule has 1 aromatic heterocycles. The van der Waals surface area contributed by atoms with Crippen LogP contribution in [0.15, 0.2) is 42.5 Å². The van der Waals surface area contributed by atoms with Crippen molar-refractivity contribution in [2.75, 3.05) is 38.5 Å². The molecule has 1 aliphatic rings. The van der Waals surface area contributed by atoms with Crippen LogP contribution < -0.4 is 5.73 Å². The van der Waals surface area contributed by atoms with Gasteiger partial charge in [-0.05, 0) is 55.3 Å². The number of nitrogens with zero attached hydrogens (tertiary/aromatic N) is 3. The molecule has 0 atom stereocenters. The molecule has 1 fully saturated rings. The zero-order chi connectivity index (χ0) is 23.5. The Morgan fingerprint density at radius 1 is 1.06 bits per heavy atom. The highest BCUT2D eigenvalue weighted by Crippen LogP contribution is 2.29. The first-order valence-electron chi connectivity index (χ1n) is 11.1. The van der Waals surface area contributed by atoms with E-state index in [0.717, 1.165) is 28.6 Å². The van der Waals surface area contributed by atoms with E-state index in [-0.39, 0.29) is 23.4 Å². The third-order valence-electron chi connectivity index (χ3n) is 5.84. The third kappa shape index (κ3) is 4.69. The molecule has 1 aliphatic heterocycles. The number of benzene rings is 2. The normalized spacial score (nSPS) is 13.9. The van der Waals surface area contributed by atoms with Crippen LogP contribution in [0.25, 0.3) is 22.2 Å². The SMILES string of the molecule is CCCOC(=O)N1CCN(C(=O)c2ccc3c(C)cc(-c4ccc(O)c(N)c4)nc3c2)CC1. The zero-order valence-corrected chi connectivity index (χ0v) is 18.9. The van der Waals surface area contributed by atoms with Crippen LogP contribution >= 0.6 is 0 Å². The smallest absolute Gasteiger partial charge is 0.409 e. The van der Waals surface area contributed by atoms with Gasteiger partial charge in [-0.25, -0.2) is 9.78 Å². The lowest BCUT2D eigenvalue weighted by Gasteiger charge is -2.34. The highest BCUT2D eigenvalue weighted by molar-refractivity contribution is 5.99. The minimum absolute atomic E-state index is 0.0304. The van der Waals surface area contributed by atoms with Crippen molar-refractivity contribution in [2.24, 2.45) is 0 Å². The number of rotatable bonds is 4. The van der Waals surface area contributed by atoms with Gasteiger partial charge in [0.1, 0.15) is 5.75 Å². The van der Waals surface area contributed by atoms with E-state index >= 15 is 0 Å². The molecule has 0 unspecified atom stereocenters. The first-order chi connectivity index (χ1) is 15.9. The molecule has 0 radical (unpaired) electrons. The zero-order valence-electron chi connectivity index (χ0n) is 18.9. The number of fused-ring (bicyclic) bond motifs is 1. The summed E-state index contributed by atoms with van der Waals surface area (Å²) in [6.45, 7) is 6.16. The number of aromatic hydroxyl groups is 1. The van der Waals surface area contributed by atoms with E-state index in [4.69, 9.17) is 15.5 Å². The van der Waals surface area contributed by atoms with Crippen molar-refractivity contribution in [3.8, 4) is 17.0 Å². The number of carbonyl (C=O) groups excluding carboxylic acids is 2. The molecule has 4 rings (SSSR count). The van der Waals surface area contributed by atoms with Crippen molar-refractivity contribution >= 4 is 28.6 Å². The fourth-order valence-corrected chi connectivity index (χ4v) is 3.95. The van der Waals surface area contributed by atoms with E-state index < -0.39 is 0 Å². The molecular weight excluding hydrogens is 420 g/mol. The number of hydrogen-bond donors (Lipinski definition) is 2. The van der Waals surface area contributed by atoms with Gasteiger partial charge in [0.25, 0.3) is 5.91 Å². The summed E-state index contributed by atoms with van der Waals surface area (Å²) in [7, 11) is 0. The number of phenolic OH excluding ortho intramolecular Hbond substituents is 1. The average molecular weight is 449 g/mol. The van der Waals surface area contributed by atoms with Gasteiger partial charge in [0, 0.05) is 42.7 Å². The Labute approximate surface area is 192 Å². The van der Waals surface area contributed by atoms with E-state index in [1.165, 1.54) is 0 Å². The molecule has 2 heterocycles. The maximum absolute atomic E-state index is 13.1. The summed E-state index contributed by atoms with van der Waals surface area (Å²) < 4.78 is 5.19. The van der Waals surface area contributed by atoms with Gasteiger partial charge in [-0.3, -0.25) is 4.79 Å². The number of nitrogen functional groups attached to an aromatic ring is 1. The molecule has 2 aromatic carbocycles. The van der Waals surface area contributed by atoms with Crippen LogP contribution in [0.4, 0.5) is 10.5 Å². The van der Waals surface area contributed by atoms with E-state index in [2.05, 4.69) is 0 Å². The van der Waals surface area contributed by atoms with E-state index in [1.807, 2.05) is 32.0 Å². The molecule has 172 valence electrons. The van der Waals surface area contributed by atoms with Crippen molar-refractivity contribution in [3.63, 3.8) is 0 Å². The molecule has 0 spiro atoms. The Kier molecular flexibility index (Phi) is 6.35. The van der Waals surface area contributed by atoms with Crippen molar-refractivity contribution in [2.45, 2.75) is 20.3 Å². The quantitative estimate of drug-likeness (QED) is 0.464. The minimum Gasteiger partial charge on any atom is -0.506 e. The van der Waals surface area contributed by atoms with Crippen LogP contribution in [0.1, 0.15) is 29.3 Å². The molecule has 3 aromatic rings. The van der Waals surface area contributed by atoms with Gasteiger partial charge in [-0.2, -0.15) is 0 Å². The average Bonchev–Trinajstić information content (AvgIpc) is 2.83. The lowest BCUT2D eigenvalue weighted by atomic mass is 10.0. The molecule has 0 saturated carbocycles. The first kappa shape index (κ1) is 22.4. The van der Waals surface area contributed by atoms with Gasteiger partial charge < -0.3 is 25.4 Å². The largest absolute Gasteiger partial charge is 0.506 e. The summed E-state index contributed by atoms with van der Waals surface area (Å²) in [5, 5.41) is 10.7. The standard InChI is InChI=1S/C25H28N4O4/c1-3-12-33-25(32)29-10-8-28(9-11-29)24(31)18-4-6-19-16(2)13-21(27-22(19)15-18)17-5-7-23(30)20(26)14-17/h4-7,13-15,30H,3,8-12,26H2,1-2H3. The molecule has 8 nitrogen and oxygen atoms in total. The highest BCUT2D eigenvalue weighted by atomic mass is 16.6. The highest BCUT2D eigenvalue weighted by Gasteiger charge is 2.26. The second kappa shape index (κ2) is 9.36. The summed E-state index contributed by atoms with van der Waals surface area (Å²) in [4.78, 5) is 33.3. The Morgan fingerprint density at radius 2 is 1.79 bits per heavy atom. The Bertz CT molecular complexity index is 1200. The summed E-state index contributed by atoms with van der Waals surface area (Å²) in [6, 6.07) is 12.5. The first-order valence-corrected chi connectivity index (χ1v) is 11.1. The van der Waals surface area contributed by atoms with Gasteiger partial charge in [0.05, 0.1) is 23.5 Å². The van der Waals surface area contributed by atoms with Crippen LogP contribution in [0.2, 0.25) is 0 Å². The van der Waals surface area contributed by atoms with Gasteiger partial charge in [-0.1, -0.05) is 13.0 Å². The van der Waals surface area contributed by atoms with E-state index in [0.29, 0.717) is 43.9 Å². The number of ether oxygens (including phenoxy) is 1. The summed E-state index contributed by atoms with van der Waals surface area (Å²) in [5.74, 6) is -0.0555. The molecule has 8 heteroatoms. The van der Waals surface area contributed by atoms with E-state index in [9.17, 15) is 14.7 Å². The number of hydrogen-bond acceptors (Lipinski definition) is 6. The third-order valence-corrected chi connectivity index (χ3v) is 5.84. The molecule has 3 N–H and O–H groups in total. The maximum Gasteiger partial charge on any atom is 0.409 e. The number of amides is 2. The molecule has 0 aliphatic carbocycles. The van der Waals surface area contributed by atoms with Crippen molar-refractivity contribution < 1.29 is 19.4 Å². The number of pyridine rings is 1. The molecule has 0 bridgehead atoms. The van der Waals surface area contributed by atoms with Gasteiger partial charge in [0.2, 0.25) is 0 Å². The monoisotopic (exact) mass is 448 g/mol. The van der Waals surface area contributed by atoms with Crippen LogP contribution in [0, 0.1) is 6.92 Å². The number of aryl methyl sites for hydroxylation is 1.